The van der Waals surface area contributed by atoms with Gasteiger partial charge in [-0.3, -0.25) is 9.69 Å². The number of hydrogen-bond donors (Lipinski definition) is 2. The molecule has 3 atom stereocenters. The molecule has 1 aliphatic heterocycles. The molecule has 1 heterocycles. The molecule has 7 heteroatoms. The van der Waals surface area contributed by atoms with Crippen LogP contribution >= 0.6 is 0 Å². The average Bonchev–Trinajstić information content (AvgIpc) is 2.95. The van der Waals surface area contributed by atoms with Gasteiger partial charge in [-0.15, -0.1) is 0 Å². The normalized spacial score (nSPS) is 21.8. The Kier molecular flexibility index (Phi) is 6.75. The summed E-state index contributed by atoms with van der Waals surface area (Å²) in [5.41, 5.74) is 0.437. The van der Waals surface area contributed by atoms with Crippen molar-refractivity contribution >= 4 is 11.9 Å². The third-order valence-corrected chi connectivity index (χ3v) is 4.75. The maximum absolute atomic E-state index is 12.8. The standard InChI is InChI=1S/C19H28N2O5/c1-13(17(23)20-15(10-11-22)18(24)25-4)21-16(12-26-19(21,2)3)14-8-6-5-7-9-14/h5-9,13,15-16,22H,10-12H2,1-4H3,(H,20,23)/t13-,15+,16+/m1/s1. The Balaban J connectivity index is 2.19. The van der Waals surface area contributed by atoms with Gasteiger partial charge in [-0.2, -0.15) is 0 Å². The lowest BCUT2D eigenvalue weighted by Crippen LogP contribution is -2.55. The van der Waals surface area contributed by atoms with Crippen LogP contribution in [0.1, 0.15) is 38.8 Å². The molecule has 1 fully saturated rings. The van der Waals surface area contributed by atoms with E-state index in [1.54, 1.807) is 6.92 Å². The van der Waals surface area contributed by atoms with Gasteiger partial charge in [-0.1, -0.05) is 30.3 Å². The molecule has 2 rings (SSSR count). The zero-order valence-corrected chi connectivity index (χ0v) is 15.8. The van der Waals surface area contributed by atoms with E-state index in [0.717, 1.165) is 5.56 Å². The smallest absolute Gasteiger partial charge is 0.328 e. The van der Waals surface area contributed by atoms with Crippen LogP contribution in [-0.2, 0) is 19.1 Å². The Morgan fingerprint density at radius 1 is 1.38 bits per heavy atom. The van der Waals surface area contributed by atoms with Crippen LogP contribution in [0.2, 0.25) is 0 Å². The highest BCUT2D eigenvalue weighted by Gasteiger charge is 2.46. The summed E-state index contributed by atoms with van der Waals surface area (Å²) in [6.07, 6.45) is 0.104. The van der Waals surface area contributed by atoms with E-state index in [0.29, 0.717) is 6.61 Å². The number of amides is 1. The van der Waals surface area contributed by atoms with Crippen molar-refractivity contribution in [3.8, 4) is 0 Å². The van der Waals surface area contributed by atoms with Crippen LogP contribution in [0.4, 0.5) is 0 Å². The number of aliphatic hydroxyl groups excluding tert-OH is 1. The van der Waals surface area contributed by atoms with Crippen LogP contribution in [0.25, 0.3) is 0 Å². The van der Waals surface area contributed by atoms with Crippen molar-refractivity contribution in [2.75, 3.05) is 20.3 Å². The molecule has 1 aromatic carbocycles. The van der Waals surface area contributed by atoms with Crippen LogP contribution in [0.5, 0.6) is 0 Å². The summed E-state index contributed by atoms with van der Waals surface area (Å²) in [6, 6.07) is 8.40. The molecule has 2 N–H and O–H groups in total. The van der Waals surface area contributed by atoms with E-state index in [1.165, 1.54) is 7.11 Å². The number of methoxy groups -OCH3 is 1. The van der Waals surface area contributed by atoms with Crippen molar-refractivity contribution in [3.63, 3.8) is 0 Å². The molecule has 0 unspecified atom stereocenters. The maximum Gasteiger partial charge on any atom is 0.328 e. The van der Waals surface area contributed by atoms with Crippen molar-refractivity contribution < 1.29 is 24.2 Å². The highest BCUT2D eigenvalue weighted by atomic mass is 16.5. The van der Waals surface area contributed by atoms with Gasteiger partial charge in [0.1, 0.15) is 11.8 Å². The molecule has 0 spiro atoms. The number of hydrogen-bond acceptors (Lipinski definition) is 6. The van der Waals surface area contributed by atoms with Crippen LogP contribution < -0.4 is 5.32 Å². The second kappa shape index (κ2) is 8.62. The Morgan fingerprint density at radius 3 is 2.62 bits per heavy atom. The molecule has 0 radical (unpaired) electrons. The molecule has 1 saturated heterocycles. The summed E-state index contributed by atoms with van der Waals surface area (Å²) in [7, 11) is 1.26. The summed E-state index contributed by atoms with van der Waals surface area (Å²) in [6.45, 7) is 5.89. The van der Waals surface area contributed by atoms with Crippen LogP contribution in [0, 0.1) is 0 Å². The number of esters is 1. The molecule has 1 aliphatic rings. The van der Waals surface area contributed by atoms with Gasteiger partial charge in [0.2, 0.25) is 5.91 Å². The van der Waals surface area contributed by atoms with Gasteiger partial charge in [0, 0.05) is 13.0 Å². The first kappa shape index (κ1) is 20.4. The summed E-state index contributed by atoms with van der Waals surface area (Å²) < 4.78 is 10.6. The first-order valence-corrected chi connectivity index (χ1v) is 8.78. The molecule has 7 nitrogen and oxygen atoms in total. The van der Waals surface area contributed by atoms with Crippen LogP contribution in [0.15, 0.2) is 30.3 Å². The largest absolute Gasteiger partial charge is 0.467 e. The van der Waals surface area contributed by atoms with Crippen LogP contribution in [-0.4, -0.2) is 60.0 Å². The van der Waals surface area contributed by atoms with Gasteiger partial charge in [-0.25, -0.2) is 4.79 Å². The number of carbonyl (C=O) groups is 2. The Hall–Kier alpha value is -1.96. The van der Waals surface area contributed by atoms with Gasteiger partial charge in [0.25, 0.3) is 0 Å². The number of nitrogens with zero attached hydrogens (tertiary/aromatic N) is 1. The molecule has 0 bridgehead atoms. The van der Waals surface area contributed by atoms with Crippen molar-refractivity contribution in [1.29, 1.82) is 0 Å². The molecule has 1 amide bonds. The van der Waals surface area contributed by atoms with E-state index in [2.05, 4.69) is 5.32 Å². The van der Waals surface area contributed by atoms with Crippen molar-refractivity contribution in [3.05, 3.63) is 35.9 Å². The maximum atomic E-state index is 12.8. The molecule has 0 aromatic heterocycles. The lowest BCUT2D eigenvalue weighted by atomic mass is 10.0. The van der Waals surface area contributed by atoms with Gasteiger partial charge in [0.15, 0.2) is 0 Å². The molecule has 0 saturated carbocycles. The number of rotatable bonds is 7. The minimum absolute atomic E-state index is 0.0682. The average molecular weight is 364 g/mol. The molecule has 1 aromatic rings. The van der Waals surface area contributed by atoms with Gasteiger partial charge in [0.05, 0.1) is 25.8 Å². The Bertz CT molecular complexity index is 620. The molecular formula is C19H28N2O5. The van der Waals surface area contributed by atoms with Crippen molar-refractivity contribution in [1.82, 2.24) is 10.2 Å². The minimum atomic E-state index is -0.873. The molecular weight excluding hydrogens is 336 g/mol. The van der Waals surface area contributed by atoms with Gasteiger partial charge >= 0.3 is 5.97 Å². The molecule has 144 valence electrons. The Labute approximate surface area is 154 Å². The van der Waals surface area contributed by atoms with E-state index in [-0.39, 0.29) is 25.0 Å². The van der Waals surface area contributed by atoms with Crippen molar-refractivity contribution in [2.24, 2.45) is 0 Å². The minimum Gasteiger partial charge on any atom is -0.467 e. The van der Waals surface area contributed by atoms with E-state index in [9.17, 15) is 9.59 Å². The summed E-state index contributed by atoms with van der Waals surface area (Å²) in [4.78, 5) is 26.6. The fraction of sp³-hybridized carbons (Fsp3) is 0.579. The lowest BCUT2D eigenvalue weighted by molar-refractivity contribution is -0.147. The van der Waals surface area contributed by atoms with Crippen LogP contribution in [0.3, 0.4) is 0 Å². The van der Waals surface area contributed by atoms with Gasteiger partial charge in [-0.05, 0) is 26.3 Å². The first-order chi connectivity index (χ1) is 12.3. The summed E-state index contributed by atoms with van der Waals surface area (Å²) >= 11 is 0. The number of nitrogens with one attached hydrogen (secondary N) is 1. The van der Waals surface area contributed by atoms with E-state index >= 15 is 0 Å². The van der Waals surface area contributed by atoms with E-state index < -0.39 is 23.8 Å². The fourth-order valence-corrected chi connectivity index (χ4v) is 3.42. The highest BCUT2D eigenvalue weighted by molar-refractivity contribution is 5.87. The summed E-state index contributed by atoms with van der Waals surface area (Å²) in [5, 5.41) is 11.8. The number of benzene rings is 1. The SMILES string of the molecule is COC(=O)[C@H](CCO)NC(=O)[C@@H](C)N1[C@H](c2ccccc2)COC1(C)C. The highest BCUT2D eigenvalue weighted by Crippen LogP contribution is 2.38. The molecule has 26 heavy (non-hydrogen) atoms. The monoisotopic (exact) mass is 364 g/mol. The van der Waals surface area contributed by atoms with E-state index in [4.69, 9.17) is 14.6 Å². The first-order valence-electron chi connectivity index (χ1n) is 8.78. The van der Waals surface area contributed by atoms with Gasteiger partial charge < -0.3 is 19.9 Å². The lowest BCUT2D eigenvalue weighted by Gasteiger charge is -2.38. The number of aliphatic hydroxyl groups is 1. The number of ether oxygens (including phenoxy) is 2. The Morgan fingerprint density at radius 2 is 2.04 bits per heavy atom. The third kappa shape index (κ3) is 4.41. The fourth-order valence-electron chi connectivity index (χ4n) is 3.42. The summed E-state index contributed by atoms with van der Waals surface area (Å²) in [5.74, 6) is -0.885. The predicted molar refractivity (Wildman–Crippen MR) is 96.2 cm³/mol. The zero-order valence-electron chi connectivity index (χ0n) is 15.8. The van der Waals surface area contributed by atoms with Crippen molar-refractivity contribution in [2.45, 2.75) is 51.0 Å². The zero-order chi connectivity index (χ0) is 19.3. The molecule has 0 aliphatic carbocycles. The van der Waals surface area contributed by atoms with E-state index in [1.807, 2.05) is 49.1 Å². The number of carbonyl (C=O) groups excluding carboxylic acids is 2. The quantitative estimate of drug-likeness (QED) is 0.708. The third-order valence-electron chi connectivity index (χ3n) is 4.75. The second-order valence-electron chi connectivity index (χ2n) is 6.86. The topological polar surface area (TPSA) is 88.1 Å². The second-order valence-corrected chi connectivity index (χ2v) is 6.86. The predicted octanol–water partition coefficient (Wildman–Crippen LogP) is 1.22.